The van der Waals surface area contributed by atoms with Gasteiger partial charge in [-0.2, -0.15) is 0 Å². The van der Waals surface area contributed by atoms with Crippen LogP contribution in [0.25, 0.3) is 0 Å². The van der Waals surface area contributed by atoms with E-state index in [0.29, 0.717) is 26.1 Å². The van der Waals surface area contributed by atoms with Gasteiger partial charge in [-0.15, -0.1) is 0 Å². The van der Waals surface area contributed by atoms with Gasteiger partial charge in [-0.05, 0) is 13.8 Å². The van der Waals surface area contributed by atoms with E-state index in [0.717, 1.165) is 5.82 Å². The number of ether oxygens (including phenoxy) is 1. The van der Waals surface area contributed by atoms with E-state index in [-0.39, 0.29) is 17.4 Å². The van der Waals surface area contributed by atoms with Crippen LogP contribution < -0.4 is 11.1 Å². The van der Waals surface area contributed by atoms with Crippen molar-refractivity contribution in [2.24, 2.45) is 11.1 Å². The molecule has 0 spiro atoms. The summed E-state index contributed by atoms with van der Waals surface area (Å²) in [5.74, 6) is 0.841. The molecule has 6 nitrogen and oxygen atoms in total. The van der Waals surface area contributed by atoms with Crippen LogP contribution in [0.2, 0.25) is 0 Å². The Morgan fingerprint density at radius 1 is 1.62 bits per heavy atom. The van der Waals surface area contributed by atoms with E-state index < -0.39 is 5.54 Å². The van der Waals surface area contributed by atoms with Crippen LogP contribution in [0, 0.1) is 12.3 Å². The fraction of sp³-hybridized carbons (Fsp3) is 0.733. The standard InChI is InChI=1S/C15H26N4O2/c1-5-21-12-10-15(16,14(12,3)4)13(20)18-7-9-19-8-6-17-11(19)2/h6,8,12H,5,7,9-10,16H2,1-4H3,(H,18,20). The van der Waals surface area contributed by atoms with Gasteiger partial charge in [0.1, 0.15) is 11.4 Å². The van der Waals surface area contributed by atoms with E-state index in [2.05, 4.69) is 10.3 Å². The van der Waals surface area contributed by atoms with Crippen LogP contribution in [0.4, 0.5) is 0 Å². The summed E-state index contributed by atoms with van der Waals surface area (Å²) in [4.78, 5) is 16.6. The zero-order valence-electron chi connectivity index (χ0n) is 13.3. The van der Waals surface area contributed by atoms with Crippen LogP contribution in [0.5, 0.6) is 0 Å². The smallest absolute Gasteiger partial charge is 0.240 e. The maximum absolute atomic E-state index is 12.4. The van der Waals surface area contributed by atoms with E-state index in [1.54, 1.807) is 6.20 Å². The SMILES string of the molecule is CCOC1CC(N)(C(=O)NCCn2ccnc2C)C1(C)C. The third kappa shape index (κ3) is 2.70. The number of aryl methyl sites for hydroxylation is 1. The first-order valence-electron chi connectivity index (χ1n) is 7.49. The molecule has 0 radical (unpaired) electrons. The normalized spacial score (nSPS) is 27.2. The van der Waals surface area contributed by atoms with Crippen LogP contribution in [0.15, 0.2) is 12.4 Å². The lowest BCUT2D eigenvalue weighted by Gasteiger charge is -2.57. The molecule has 2 atom stereocenters. The van der Waals surface area contributed by atoms with Gasteiger partial charge in [0, 0.05) is 43.9 Å². The number of amides is 1. The number of carbonyl (C=O) groups excluding carboxylic acids is 1. The molecule has 1 aromatic heterocycles. The zero-order chi connectivity index (χ0) is 15.7. The van der Waals surface area contributed by atoms with Crippen LogP contribution in [-0.2, 0) is 16.1 Å². The van der Waals surface area contributed by atoms with Crippen molar-refractivity contribution in [2.75, 3.05) is 13.2 Å². The number of nitrogens with two attached hydrogens (primary N) is 1. The fourth-order valence-electron chi connectivity index (χ4n) is 2.91. The molecule has 3 N–H and O–H groups in total. The molecule has 1 heterocycles. The highest BCUT2D eigenvalue weighted by atomic mass is 16.5. The number of hydrogen-bond donors (Lipinski definition) is 2. The minimum atomic E-state index is -0.850. The molecule has 0 aliphatic heterocycles. The maximum Gasteiger partial charge on any atom is 0.240 e. The predicted molar refractivity (Wildman–Crippen MR) is 80.7 cm³/mol. The number of imidazole rings is 1. The number of nitrogens with one attached hydrogen (secondary N) is 1. The van der Waals surface area contributed by atoms with Gasteiger partial charge in [0.2, 0.25) is 5.91 Å². The Labute approximate surface area is 126 Å². The first kappa shape index (κ1) is 16.0. The predicted octanol–water partition coefficient (Wildman–Crippen LogP) is 0.840. The van der Waals surface area contributed by atoms with Crippen molar-refractivity contribution in [3.8, 4) is 0 Å². The van der Waals surface area contributed by atoms with Crippen LogP contribution in [0.1, 0.15) is 33.0 Å². The summed E-state index contributed by atoms with van der Waals surface area (Å²) in [6.07, 6.45) is 4.28. The highest BCUT2D eigenvalue weighted by Crippen LogP contribution is 2.49. The molecular weight excluding hydrogens is 268 g/mol. The third-order valence-corrected chi connectivity index (χ3v) is 4.80. The molecule has 118 valence electrons. The lowest BCUT2D eigenvalue weighted by atomic mass is 9.54. The summed E-state index contributed by atoms with van der Waals surface area (Å²) >= 11 is 0. The molecule has 6 heteroatoms. The Hall–Kier alpha value is -1.40. The molecule has 1 aliphatic rings. The second-order valence-corrected chi connectivity index (χ2v) is 6.26. The van der Waals surface area contributed by atoms with Gasteiger partial charge in [0.05, 0.1) is 6.10 Å². The monoisotopic (exact) mass is 294 g/mol. The summed E-state index contributed by atoms with van der Waals surface area (Å²) in [6.45, 7) is 9.78. The van der Waals surface area contributed by atoms with E-state index in [1.165, 1.54) is 0 Å². The highest BCUT2D eigenvalue weighted by molar-refractivity contribution is 5.88. The summed E-state index contributed by atoms with van der Waals surface area (Å²) in [6, 6.07) is 0. The van der Waals surface area contributed by atoms with Crippen molar-refractivity contribution in [3.05, 3.63) is 18.2 Å². The van der Waals surface area contributed by atoms with Crippen molar-refractivity contribution in [1.82, 2.24) is 14.9 Å². The Morgan fingerprint density at radius 2 is 2.33 bits per heavy atom. The summed E-state index contributed by atoms with van der Waals surface area (Å²) in [5, 5.41) is 2.94. The van der Waals surface area contributed by atoms with Crippen molar-refractivity contribution in [2.45, 2.75) is 52.3 Å². The summed E-state index contributed by atoms with van der Waals surface area (Å²) < 4.78 is 7.64. The van der Waals surface area contributed by atoms with Gasteiger partial charge in [-0.1, -0.05) is 13.8 Å². The van der Waals surface area contributed by atoms with Gasteiger partial charge in [-0.25, -0.2) is 4.98 Å². The van der Waals surface area contributed by atoms with Gasteiger partial charge in [0.15, 0.2) is 0 Å². The van der Waals surface area contributed by atoms with Crippen LogP contribution in [0.3, 0.4) is 0 Å². The average Bonchev–Trinajstić information content (AvgIpc) is 2.84. The molecule has 1 aliphatic carbocycles. The highest BCUT2D eigenvalue weighted by Gasteiger charge is 2.62. The third-order valence-electron chi connectivity index (χ3n) is 4.80. The van der Waals surface area contributed by atoms with E-state index in [1.807, 2.05) is 38.5 Å². The Kier molecular flexibility index (Phi) is 4.39. The summed E-state index contributed by atoms with van der Waals surface area (Å²) in [5.41, 5.74) is 5.12. The number of hydrogen-bond acceptors (Lipinski definition) is 4. The minimum absolute atomic E-state index is 0.0501. The summed E-state index contributed by atoms with van der Waals surface area (Å²) in [7, 11) is 0. The van der Waals surface area contributed by atoms with Gasteiger partial charge in [0.25, 0.3) is 0 Å². The molecule has 0 aromatic carbocycles. The Balaban J connectivity index is 1.87. The first-order valence-corrected chi connectivity index (χ1v) is 7.49. The molecule has 1 amide bonds. The molecule has 1 saturated carbocycles. The second-order valence-electron chi connectivity index (χ2n) is 6.26. The average molecular weight is 294 g/mol. The molecule has 1 aromatic rings. The lowest BCUT2D eigenvalue weighted by molar-refractivity contribution is -0.170. The molecule has 2 rings (SSSR count). The number of aromatic nitrogens is 2. The van der Waals surface area contributed by atoms with Crippen molar-refractivity contribution in [3.63, 3.8) is 0 Å². The quantitative estimate of drug-likeness (QED) is 0.814. The second kappa shape index (κ2) is 5.77. The number of rotatable bonds is 6. The zero-order valence-corrected chi connectivity index (χ0v) is 13.3. The van der Waals surface area contributed by atoms with Crippen molar-refractivity contribution in [1.29, 1.82) is 0 Å². The lowest BCUT2D eigenvalue weighted by Crippen LogP contribution is -2.75. The van der Waals surface area contributed by atoms with Crippen molar-refractivity contribution < 1.29 is 9.53 Å². The molecule has 21 heavy (non-hydrogen) atoms. The Bertz CT molecular complexity index is 512. The van der Waals surface area contributed by atoms with Gasteiger partial charge < -0.3 is 20.4 Å². The van der Waals surface area contributed by atoms with Crippen LogP contribution in [-0.4, -0.2) is 40.3 Å². The maximum atomic E-state index is 12.4. The number of nitrogens with zero attached hydrogens (tertiary/aromatic N) is 2. The minimum Gasteiger partial charge on any atom is -0.378 e. The largest absolute Gasteiger partial charge is 0.378 e. The van der Waals surface area contributed by atoms with Gasteiger partial charge in [-0.3, -0.25) is 4.79 Å². The van der Waals surface area contributed by atoms with E-state index in [4.69, 9.17) is 10.5 Å². The fourth-order valence-corrected chi connectivity index (χ4v) is 2.91. The van der Waals surface area contributed by atoms with Crippen molar-refractivity contribution >= 4 is 5.91 Å². The van der Waals surface area contributed by atoms with E-state index >= 15 is 0 Å². The number of carbonyl (C=O) groups is 1. The Morgan fingerprint density at radius 3 is 2.86 bits per heavy atom. The topological polar surface area (TPSA) is 82.2 Å². The van der Waals surface area contributed by atoms with Crippen LogP contribution >= 0.6 is 0 Å². The molecule has 0 saturated heterocycles. The molecular formula is C15H26N4O2. The molecule has 2 unspecified atom stereocenters. The van der Waals surface area contributed by atoms with Gasteiger partial charge >= 0.3 is 0 Å². The molecule has 0 bridgehead atoms. The van der Waals surface area contributed by atoms with E-state index in [9.17, 15) is 4.79 Å². The first-order chi connectivity index (χ1) is 9.83. The molecule has 1 fully saturated rings.